The Kier molecular flexibility index (Phi) is 6.74. The number of hydrogen-bond donors (Lipinski definition) is 1. The van der Waals surface area contributed by atoms with Gasteiger partial charge in [0.25, 0.3) is 0 Å². The summed E-state index contributed by atoms with van der Waals surface area (Å²) >= 11 is 7.30. The number of thioether (sulfide) groups is 1. The molecule has 0 aliphatic carbocycles. The van der Waals surface area contributed by atoms with Crippen molar-refractivity contribution in [2.45, 2.75) is 5.75 Å². The maximum absolute atomic E-state index is 13.8. The molecule has 138 valence electrons. The third-order valence-electron chi connectivity index (χ3n) is 3.67. The molecule has 3 nitrogen and oxygen atoms in total. The molecule has 27 heavy (non-hydrogen) atoms. The summed E-state index contributed by atoms with van der Waals surface area (Å²) in [5.74, 6) is 1.17. The van der Waals surface area contributed by atoms with E-state index in [4.69, 9.17) is 16.3 Å². The van der Waals surface area contributed by atoms with Gasteiger partial charge in [-0.1, -0.05) is 48.0 Å². The highest BCUT2D eigenvalue weighted by atomic mass is 35.5. The van der Waals surface area contributed by atoms with Gasteiger partial charge in [-0.15, -0.1) is 11.8 Å². The first-order valence-corrected chi connectivity index (χ1v) is 9.79. The summed E-state index contributed by atoms with van der Waals surface area (Å²) in [5, 5.41) is 3.20. The van der Waals surface area contributed by atoms with Crippen molar-refractivity contribution in [1.29, 1.82) is 0 Å². The molecule has 6 heteroatoms. The van der Waals surface area contributed by atoms with E-state index in [1.54, 1.807) is 24.3 Å². The zero-order valence-corrected chi connectivity index (χ0v) is 15.9. The lowest BCUT2D eigenvalue weighted by atomic mass is 10.2. The predicted octanol–water partition coefficient (Wildman–Crippen LogP) is 6.14. The maximum atomic E-state index is 13.8. The van der Waals surface area contributed by atoms with Crippen molar-refractivity contribution in [3.05, 3.63) is 89.2 Å². The van der Waals surface area contributed by atoms with Crippen LogP contribution in [0.1, 0.15) is 5.56 Å². The van der Waals surface area contributed by atoms with Crippen LogP contribution >= 0.6 is 23.4 Å². The monoisotopic (exact) mass is 401 g/mol. The van der Waals surface area contributed by atoms with E-state index < -0.39 is 0 Å². The van der Waals surface area contributed by atoms with E-state index in [1.165, 1.54) is 17.8 Å². The van der Waals surface area contributed by atoms with E-state index in [0.717, 1.165) is 0 Å². The van der Waals surface area contributed by atoms with E-state index in [9.17, 15) is 9.18 Å². The van der Waals surface area contributed by atoms with Crippen molar-refractivity contribution < 1.29 is 13.9 Å². The Balaban J connectivity index is 1.58. The van der Waals surface area contributed by atoms with Crippen LogP contribution in [0.3, 0.4) is 0 Å². The topological polar surface area (TPSA) is 38.3 Å². The van der Waals surface area contributed by atoms with E-state index in [2.05, 4.69) is 5.32 Å². The molecular weight excluding hydrogens is 385 g/mol. The van der Waals surface area contributed by atoms with Gasteiger partial charge in [-0.3, -0.25) is 4.79 Å². The second-order valence-corrected chi connectivity index (χ2v) is 7.05. The van der Waals surface area contributed by atoms with E-state index in [-0.39, 0.29) is 17.5 Å². The van der Waals surface area contributed by atoms with Gasteiger partial charge in [0.2, 0.25) is 5.91 Å². The van der Waals surface area contributed by atoms with Crippen LogP contribution in [0.4, 0.5) is 10.1 Å². The Bertz CT molecular complexity index is 901. The molecule has 3 rings (SSSR count). The molecule has 0 heterocycles. The van der Waals surface area contributed by atoms with Crippen LogP contribution in [-0.2, 0) is 10.5 Å². The maximum Gasteiger partial charge on any atom is 0.234 e. The molecule has 0 radical (unpaired) electrons. The molecular formula is C21H17ClFNO2S. The van der Waals surface area contributed by atoms with E-state index in [0.29, 0.717) is 33.5 Å². The number of rotatable bonds is 7. The Morgan fingerprint density at radius 3 is 2.52 bits per heavy atom. The van der Waals surface area contributed by atoms with Crippen molar-refractivity contribution in [2.75, 3.05) is 11.1 Å². The molecule has 0 aromatic heterocycles. The van der Waals surface area contributed by atoms with Gasteiger partial charge in [0.05, 0.1) is 11.4 Å². The molecule has 0 saturated heterocycles. The summed E-state index contributed by atoms with van der Waals surface area (Å²) in [4.78, 5) is 12.3. The third kappa shape index (κ3) is 5.49. The zero-order chi connectivity index (χ0) is 19.1. The summed E-state index contributed by atoms with van der Waals surface area (Å²) in [6, 6.07) is 21.1. The van der Waals surface area contributed by atoms with Crippen LogP contribution in [-0.4, -0.2) is 11.7 Å². The fraction of sp³-hybridized carbons (Fsp3) is 0.0952. The van der Waals surface area contributed by atoms with Crippen molar-refractivity contribution in [3.8, 4) is 11.5 Å². The fourth-order valence-corrected chi connectivity index (χ4v) is 3.54. The van der Waals surface area contributed by atoms with Gasteiger partial charge in [-0.25, -0.2) is 4.39 Å². The standard InChI is InChI=1S/C21H17ClFNO2S/c22-17-9-6-10-18(23)16(17)13-27-14-21(25)24-19-11-4-5-12-20(19)26-15-7-2-1-3-8-15/h1-12H,13-14H2,(H,24,25). The zero-order valence-electron chi connectivity index (χ0n) is 14.3. The largest absolute Gasteiger partial charge is 0.455 e. The first-order valence-electron chi connectivity index (χ1n) is 8.26. The van der Waals surface area contributed by atoms with Crippen LogP contribution in [0.25, 0.3) is 0 Å². The first-order chi connectivity index (χ1) is 13.1. The number of halogens is 2. The van der Waals surface area contributed by atoms with Gasteiger partial charge in [-0.05, 0) is 36.4 Å². The molecule has 0 fully saturated rings. The lowest BCUT2D eigenvalue weighted by molar-refractivity contribution is -0.113. The number of amides is 1. The lowest BCUT2D eigenvalue weighted by Gasteiger charge is -2.12. The van der Waals surface area contributed by atoms with Crippen molar-refractivity contribution in [3.63, 3.8) is 0 Å². The predicted molar refractivity (Wildman–Crippen MR) is 109 cm³/mol. The van der Waals surface area contributed by atoms with Crippen LogP contribution in [0.5, 0.6) is 11.5 Å². The van der Waals surface area contributed by atoms with E-state index >= 15 is 0 Å². The van der Waals surface area contributed by atoms with Crippen LogP contribution < -0.4 is 10.1 Å². The highest BCUT2D eigenvalue weighted by molar-refractivity contribution is 7.99. The molecule has 0 bridgehead atoms. The van der Waals surface area contributed by atoms with Crippen molar-refractivity contribution in [1.82, 2.24) is 0 Å². The number of para-hydroxylation sites is 3. The Morgan fingerprint density at radius 2 is 1.74 bits per heavy atom. The number of carbonyl (C=O) groups excluding carboxylic acids is 1. The fourth-order valence-electron chi connectivity index (χ4n) is 2.38. The van der Waals surface area contributed by atoms with Gasteiger partial charge in [0.1, 0.15) is 11.6 Å². The molecule has 3 aromatic carbocycles. The van der Waals surface area contributed by atoms with Gasteiger partial charge < -0.3 is 10.1 Å². The summed E-state index contributed by atoms with van der Waals surface area (Å²) in [6.07, 6.45) is 0. The molecule has 0 aliphatic heterocycles. The van der Waals surface area contributed by atoms with Gasteiger partial charge in [0.15, 0.2) is 5.75 Å². The molecule has 3 aromatic rings. The van der Waals surface area contributed by atoms with Gasteiger partial charge in [-0.2, -0.15) is 0 Å². The second-order valence-electron chi connectivity index (χ2n) is 5.65. The number of anilines is 1. The number of benzene rings is 3. The number of nitrogens with one attached hydrogen (secondary N) is 1. The SMILES string of the molecule is O=C(CSCc1c(F)cccc1Cl)Nc1ccccc1Oc1ccccc1. The van der Waals surface area contributed by atoms with Crippen molar-refractivity contribution in [2.24, 2.45) is 0 Å². The Hall–Kier alpha value is -2.50. The molecule has 1 amide bonds. The third-order valence-corrected chi connectivity index (χ3v) is 4.99. The summed E-state index contributed by atoms with van der Waals surface area (Å²) in [7, 11) is 0. The molecule has 0 unspecified atom stereocenters. The van der Waals surface area contributed by atoms with Crippen LogP contribution in [0.2, 0.25) is 5.02 Å². The highest BCUT2D eigenvalue weighted by Crippen LogP contribution is 2.29. The van der Waals surface area contributed by atoms with Crippen molar-refractivity contribution >= 4 is 35.0 Å². The average Bonchev–Trinajstić information content (AvgIpc) is 2.66. The Labute approximate surface area is 166 Å². The smallest absolute Gasteiger partial charge is 0.234 e. The van der Waals surface area contributed by atoms with Gasteiger partial charge >= 0.3 is 0 Å². The minimum absolute atomic E-state index is 0.171. The molecule has 0 spiro atoms. The number of carbonyl (C=O) groups is 1. The molecule has 0 atom stereocenters. The normalized spacial score (nSPS) is 10.4. The summed E-state index contributed by atoms with van der Waals surface area (Å²) in [6.45, 7) is 0. The number of hydrogen-bond acceptors (Lipinski definition) is 3. The average molecular weight is 402 g/mol. The Morgan fingerprint density at radius 1 is 1.00 bits per heavy atom. The summed E-state index contributed by atoms with van der Waals surface area (Å²) in [5.41, 5.74) is 0.987. The summed E-state index contributed by atoms with van der Waals surface area (Å²) < 4.78 is 19.6. The van der Waals surface area contributed by atoms with Crippen LogP contribution in [0.15, 0.2) is 72.8 Å². The number of ether oxygens (including phenoxy) is 1. The molecule has 0 saturated carbocycles. The lowest BCUT2D eigenvalue weighted by Crippen LogP contribution is -2.14. The van der Waals surface area contributed by atoms with Crippen LogP contribution in [0, 0.1) is 5.82 Å². The van der Waals surface area contributed by atoms with Gasteiger partial charge in [0, 0.05) is 16.3 Å². The highest BCUT2D eigenvalue weighted by Gasteiger charge is 2.11. The molecule has 1 N–H and O–H groups in total. The minimum atomic E-state index is -0.364. The molecule has 0 aliphatic rings. The quantitative estimate of drug-likeness (QED) is 0.516. The first kappa shape index (κ1) is 19.3. The van der Waals surface area contributed by atoms with E-state index in [1.807, 2.05) is 42.5 Å². The second kappa shape index (κ2) is 9.44. The minimum Gasteiger partial charge on any atom is -0.455 e.